The van der Waals surface area contributed by atoms with Gasteiger partial charge in [-0.2, -0.15) is 5.10 Å². The fourth-order valence-electron chi connectivity index (χ4n) is 1.63. The van der Waals surface area contributed by atoms with Crippen LogP contribution in [0.4, 0.5) is 0 Å². The Bertz CT molecular complexity index is 296. The summed E-state index contributed by atoms with van der Waals surface area (Å²) in [4.78, 5) is 3.89. The van der Waals surface area contributed by atoms with Crippen LogP contribution in [-0.4, -0.2) is 38.1 Å². The molecular formula is C10H18N4O. The minimum absolute atomic E-state index is 0.165. The van der Waals surface area contributed by atoms with Gasteiger partial charge < -0.3 is 10.4 Å². The van der Waals surface area contributed by atoms with E-state index in [2.05, 4.69) is 22.3 Å². The third-order valence-corrected chi connectivity index (χ3v) is 2.84. The molecule has 1 aromatic heterocycles. The highest BCUT2D eigenvalue weighted by molar-refractivity contribution is 4.92. The van der Waals surface area contributed by atoms with Crippen LogP contribution in [0.1, 0.15) is 26.2 Å². The normalized spacial score (nSPS) is 20.1. The maximum Gasteiger partial charge on any atom is 0.137 e. The van der Waals surface area contributed by atoms with Crippen molar-refractivity contribution >= 4 is 0 Å². The molecule has 0 aliphatic heterocycles. The summed E-state index contributed by atoms with van der Waals surface area (Å²) in [5.74, 6) is 0. The van der Waals surface area contributed by atoms with Crippen molar-refractivity contribution in [3.8, 4) is 0 Å². The molecule has 1 unspecified atom stereocenters. The summed E-state index contributed by atoms with van der Waals surface area (Å²) in [6.07, 6.45) is 6.57. The summed E-state index contributed by atoms with van der Waals surface area (Å²) in [6.45, 7) is 3.01. The van der Waals surface area contributed by atoms with Crippen molar-refractivity contribution in [1.82, 2.24) is 20.1 Å². The summed E-state index contributed by atoms with van der Waals surface area (Å²) in [5, 5.41) is 16.9. The van der Waals surface area contributed by atoms with Crippen LogP contribution in [-0.2, 0) is 6.54 Å². The second-order valence-electron chi connectivity index (χ2n) is 4.55. The van der Waals surface area contributed by atoms with E-state index in [9.17, 15) is 5.11 Å². The van der Waals surface area contributed by atoms with E-state index in [0.717, 1.165) is 13.0 Å². The van der Waals surface area contributed by atoms with Gasteiger partial charge in [-0.1, -0.05) is 0 Å². The van der Waals surface area contributed by atoms with Crippen molar-refractivity contribution in [2.75, 3.05) is 6.61 Å². The van der Waals surface area contributed by atoms with Crippen LogP contribution < -0.4 is 5.32 Å². The van der Waals surface area contributed by atoms with Gasteiger partial charge in [-0.25, -0.2) is 4.98 Å². The SMILES string of the molecule is CC(CO)(CCn1cncn1)NC1CC1. The zero-order valence-electron chi connectivity index (χ0n) is 9.06. The zero-order valence-corrected chi connectivity index (χ0v) is 9.06. The number of aliphatic hydroxyl groups excluding tert-OH is 1. The number of hydrogen-bond donors (Lipinski definition) is 2. The van der Waals surface area contributed by atoms with E-state index >= 15 is 0 Å². The highest BCUT2D eigenvalue weighted by Gasteiger charge is 2.31. The molecule has 0 saturated heterocycles. The van der Waals surface area contributed by atoms with Crippen LogP contribution in [0.25, 0.3) is 0 Å². The number of aryl methyl sites for hydroxylation is 1. The molecule has 1 heterocycles. The monoisotopic (exact) mass is 210 g/mol. The predicted molar refractivity (Wildman–Crippen MR) is 56.3 cm³/mol. The molecule has 5 nitrogen and oxygen atoms in total. The minimum Gasteiger partial charge on any atom is -0.394 e. The van der Waals surface area contributed by atoms with Gasteiger partial charge in [0.1, 0.15) is 12.7 Å². The van der Waals surface area contributed by atoms with E-state index < -0.39 is 0 Å². The first kappa shape index (κ1) is 10.6. The van der Waals surface area contributed by atoms with Crippen LogP contribution in [0.2, 0.25) is 0 Å². The molecule has 1 aromatic rings. The molecule has 84 valence electrons. The third kappa shape index (κ3) is 3.00. The van der Waals surface area contributed by atoms with Crippen molar-refractivity contribution in [1.29, 1.82) is 0 Å². The third-order valence-electron chi connectivity index (χ3n) is 2.84. The van der Waals surface area contributed by atoms with E-state index in [1.54, 1.807) is 11.0 Å². The molecule has 0 aromatic carbocycles. The van der Waals surface area contributed by atoms with Crippen LogP contribution in [0.15, 0.2) is 12.7 Å². The molecular weight excluding hydrogens is 192 g/mol. The summed E-state index contributed by atoms with van der Waals surface area (Å²) in [7, 11) is 0. The lowest BCUT2D eigenvalue weighted by molar-refractivity contribution is 0.157. The second-order valence-corrected chi connectivity index (χ2v) is 4.55. The first-order valence-electron chi connectivity index (χ1n) is 5.43. The fraction of sp³-hybridized carbons (Fsp3) is 0.800. The Morgan fingerprint density at radius 3 is 2.93 bits per heavy atom. The molecule has 0 spiro atoms. The maximum absolute atomic E-state index is 9.38. The molecule has 15 heavy (non-hydrogen) atoms. The van der Waals surface area contributed by atoms with Crippen LogP contribution in [0.3, 0.4) is 0 Å². The van der Waals surface area contributed by atoms with Gasteiger partial charge in [0.05, 0.1) is 6.61 Å². The van der Waals surface area contributed by atoms with E-state index in [1.165, 1.54) is 19.2 Å². The first-order valence-corrected chi connectivity index (χ1v) is 5.43. The molecule has 1 aliphatic carbocycles. The van der Waals surface area contributed by atoms with Gasteiger partial charge in [0.2, 0.25) is 0 Å². The van der Waals surface area contributed by atoms with Crippen molar-refractivity contribution in [3.05, 3.63) is 12.7 Å². The Hall–Kier alpha value is -0.940. The lowest BCUT2D eigenvalue weighted by atomic mass is 9.99. The molecule has 2 rings (SSSR count). The molecule has 0 bridgehead atoms. The molecule has 1 aliphatic rings. The van der Waals surface area contributed by atoms with E-state index in [-0.39, 0.29) is 12.1 Å². The van der Waals surface area contributed by atoms with Crippen molar-refractivity contribution in [2.24, 2.45) is 0 Å². The Morgan fingerprint density at radius 2 is 2.40 bits per heavy atom. The lowest BCUT2D eigenvalue weighted by Crippen LogP contribution is -2.47. The number of nitrogens with one attached hydrogen (secondary N) is 1. The summed E-state index contributed by atoms with van der Waals surface area (Å²) in [6, 6.07) is 0.609. The fourth-order valence-corrected chi connectivity index (χ4v) is 1.63. The maximum atomic E-state index is 9.38. The molecule has 1 fully saturated rings. The lowest BCUT2D eigenvalue weighted by Gasteiger charge is -2.28. The highest BCUT2D eigenvalue weighted by Crippen LogP contribution is 2.24. The molecule has 2 N–H and O–H groups in total. The number of nitrogens with zero attached hydrogens (tertiary/aromatic N) is 3. The standard InChI is InChI=1S/C10H18N4O/c1-10(6-15,13-9-2-3-9)4-5-14-8-11-7-12-14/h7-9,13,15H,2-6H2,1H3. The van der Waals surface area contributed by atoms with Gasteiger partial charge in [0, 0.05) is 18.1 Å². The quantitative estimate of drug-likeness (QED) is 0.702. The van der Waals surface area contributed by atoms with Gasteiger partial charge in [-0.05, 0) is 26.2 Å². The number of aliphatic hydroxyl groups is 1. The molecule has 5 heteroatoms. The van der Waals surface area contributed by atoms with Crippen molar-refractivity contribution in [2.45, 2.75) is 44.3 Å². The Kier molecular flexibility index (Phi) is 3.02. The predicted octanol–water partition coefficient (Wildman–Crippen LogP) is 0.171. The van der Waals surface area contributed by atoms with E-state index in [0.29, 0.717) is 6.04 Å². The minimum atomic E-state index is -0.187. The number of aromatic nitrogens is 3. The summed E-state index contributed by atoms with van der Waals surface area (Å²) >= 11 is 0. The van der Waals surface area contributed by atoms with Crippen molar-refractivity contribution < 1.29 is 5.11 Å². The zero-order chi connectivity index (χ0) is 10.7. The van der Waals surface area contributed by atoms with Crippen molar-refractivity contribution in [3.63, 3.8) is 0 Å². The Labute approximate surface area is 89.5 Å². The van der Waals surface area contributed by atoms with Gasteiger partial charge in [0.25, 0.3) is 0 Å². The molecule has 0 amide bonds. The highest BCUT2D eigenvalue weighted by atomic mass is 16.3. The second kappa shape index (κ2) is 4.28. The smallest absolute Gasteiger partial charge is 0.137 e. The average molecular weight is 210 g/mol. The van der Waals surface area contributed by atoms with Gasteiger partial charge in [0.15, 0.2) is 0 Å². The van der Waals surface area contributed by atoms with Crippen LogP contribution in [0.5, 0.6) is 0 Å². The van der Waals surface area contributed by atoms with Gasteiger partial charge in [-0.15, -0.1) is 0 Å². The topological polar surface area (TPSA) is 63.0 Å². The Balaban J connectivity index is 1.83. The molecule has 0 radical (unpaired) electrons. The Morgan fingerprint density at radius 1 is 1.60 bits per heavy atom. The van der Waals surface area contributed by atoms with Gasteiger partial charge in [-0.3, -0.25) is 4.68 Å². The summed E-state index contributed by atoms with van der Waals surface area (Å²) in [5.41, 5.74) is -0.187. The largest absolute Gasteiger partial charge is 0.394 e. The first-order chi connectivity index (χ1) is 7.22. The average Bonchev–Trinajstić information content (AvgIpc) is 2.88. The van der Waals surface area contributed by atoms with Crippen LogP contribution in [0, 0.1) is 0 Å². The number of hydrogen-bond acceptors (Lipinski definition) is 4. The van der Waals surface area contributed by atoms with Crippen LogP contribution >= 0.6 is 0 Å². The summed E-state index contributed by atoms with van der Waals surface area (Å²) < 4.78 is 1.79. The molecule has 1 saturated carbocycles. The van der Waals surface area contributed by atoms with E-state index in [1.807, 2.05) is 0 Å². The number of rotatable bonds is 6. The van der Waals surface area contributed by atoms with Gasteiger partial charge >= 0.3 is 0 Å². The van der Waals surface area contributed by atoms with E-state index in [4.69, 9.17) is 0 Å². The molecule has 1 atom stereocenters.